The molecular weight excluding hydrogens is 359 g/mol. The summed E-state index contributed by atoms with van der Waals surface area (Å²) < 4.78 is 20.5. The normalized spacial score (nSPS) is 10.5. The molecule has 144 valence electrons. The Balaban J connectivity index is 1.68. The Kier molecular flexibility index (Phi) is 6.16. The van der Waals surface area contributed by atoms with Crippen LogP contribution in [0.1, 0.15) is 5.56 Å². The van der Waals surface area contributed by atoms with Crippen LogP contribution in [0, 0.1) is 11.2 Å². The minimum atomic E-state index is -0.483. The predicted octanol–water partition coefficient (Wildman–Crippen LogP) is 2.54. The summed E-state index contributed by atoms with van der Waals surface area (Å²) in [6.07, 6.45) is 0.718. The average Bonchev–Trinajstić information content (AvgIpc) is 2.70. The van der Waals surface area contributed by atoms with E-state index in [9.17, 15) is 9.18 Å². The molecule has 0 unspecified atom stereocenters. The van der Waals surface area contributed by atoms with Gasteiger partial charge in [-0.15, -0.1) is 0 Å². The minimum absolute atomic E-state index is 0.0656. The summed E-state index contributed by atoms with van der Waals surface area (Å²) in [7, 11) is 1.46. The molecule has 0 aliphatic heterocycles. The molecule has 2 aromatic carbocycles. The summed E-state index contributed by atoms with van der Waals surface area (Å²) in [6, 6.07) is 17.3. The Bertz CT molecular complexity index is 1020. The van der Waals surface area contributed by atoms with Gasteiger partial charge in [-0.1, -0.05) is 30.3 Å². The zero-order valence-electron chi connectivity index (χ0n) is 15.5. The minimum Gasteiger partial charge on any atom is -0.497 e. The first kappa shape index (κ1) is 19.3. The highest BCUT2D eigenvalue weighted by molar-refractivity contribution is 5.75. The van der Waals surface area contributed by atoms with Crippen molar-refractivity contribution in [3.8, 4) is 17.0 Å². The number of carbonyl (C=O) groups excluding carboxylic acids is 1. The molecule has 0 saturated heterocycles. The summed E-state index contributed by atoms with van der Waals surface area (Å²) in [5, 5.41) is 15.0. The SMILES string of the molecule is COc1ccc(-c2ccc(=N)n(CC(=O)NCCc3ccccc3)n2)c(F)c1. The van der Waals surface area contributed by atoms with Gasteiger partial charge in [0.15, 0.2) is 0 Å². The second kappa shape index (κ2) is 8.94. The van der Waals surface area contributed by atoms with Crippen LogP contribution >= 0.6 is 0 Å². The summed E-state index contributed by atoms with van der Waals surface area (Å²) >= 11 is 0. The van der Waals surface area contributed by atoms with E-state index in [0.29, 0.717) is 18.0 Å². The molecule has 0 fully saturated rings. The molecule has 7 heteroatoms. The standard InChI is InChI=1S/C21H21FN4O2/c1-28-16-7-8-17(18(22)13-16)19-9-10-20(23)26(25-19)14-21(27)24-12-11-15-5-3-2-4-6-15/h2-10,13,23H,11-12,14H2,1H3,(H,24,27). The predicted molar refractivity (Wildman–Crippen MR) is 103 cm³/mol. The summed E-state index contributed by atoms with van der Waals surface area (Å²) in [5.41, 5.74) is 1.81. The number of halogens is 1. The molecule has 28 heavy (non-hydrogen) atoms. The number of carbonyl (C=O) groups is 1. The smallest absolute Gasteiger partial charge is 0.241 e. The molecule has 0 spiro atoms. The van der Waals surface area contributed by atoms with Crippen LogP contribution in [0.15, 0.2) is 60.7 Å². The number of nitrogens with zero attached hydrogens (tertiary/aromatic N) is 2. The van der Waals surface area contributed by atoms with Crippen molar-refractivity contribution >= 4 is 5.91 Å². The van der Waals surface area contributed by atoms with Gasteiger partial charge in [0.05, 0.1) is 12.8 Å². The number of nitrogens with one attached hydrogen (secondary N) is 2. The number of rotatable bonds is 7. The van der Waals surface area contributed by atoms with Crippen molar-refractivity contribution in [1.82, 2.24) is 15.1 Å². The van der Waals surface area contributed by atoms with Crippen molar-refractivity contribution in [3.05, 3.63) is 77.5 Å². The zero-order valence-corrected chi connectivity index (χ0v) is 15.5. The molecule has 1 aromatic heterocycles. The fraction of sp³-hybridized carbons (Fsp3) is 0.190. The first-order valence-corrected chi connectivity index (χ1v) is 8.84. The molecule has 0 aliphatic carbocycles. The van der Waals surface area contributed by atoms with Crippen molar-refractivity contribution in [2.75, 3.05) is 13.7 Å². The molecule has 0 saturated carbocycles. The first-order chi connectivity index (χ1) is 13.6. The van der Waals surface area contributed by atoms with Crippen molar-refractivity contribution < 1.29 is 13.9 Å². The molecule has 0 aliphatic rings. The fourth-order valence-corrected chi connectivity index (χ4v) is 2.74. The van der Waals surface area contributed by atoms with Gasteiger partial charge < -0.3 is 10.1 Å². The van der Waals surface area contributed by atoms with E-state index in [4.69, 9.17) is 10.1 Å². The van der Waals surface area contributed by atoms with Crippen LogP contribution in [0.4, 0.5) is 4.39 Å². The fourth-order valence-electron chi connectivity index (χ4n) is 2.74. The Morgan fingerprint density at radius 3 is 2.68 bits per heavy atom. The number of hydrogen-bond acceptors (Lipinski definition) is 4. The highest BCUT2D eigenvalue weighted by Crippen LogP contribution is 2.23. The van der Waals surface area contributed by atoms with Gasteiger partial charge in [0, 0.05) is 18.2 Å². The van der Waals surface area contributed by atoms with Crippen LogP contribution in [-0.4, -0.2) is 29.3 Å². The van der Waals surface area contributed by atoms with Gasteiger partial charge in [0.2, 0.25) is 5.91 Å². The van der Waals surface area contributed by atoms with Gasteiger partial charge >= 0.3 is 0 Å². The lowest BCUT2D eigenvalue weighted by Gasteiger charge is -2.10. The van der Waals surface area contributed by atoms with Gasteiger partial charge in [0.1, 0.15) is 23.6 Å². The molecule has 0 radical (unpaired) electrons. The number of aromatic nitrogens is 2. The molecule has 1 amide bonds. The van der Waals surface area contributed by atoms with Crippen LogP contribution in [0.25, 0.3) is 11.3 Å². The largest absolute Gasteiger partial charge is 0.497 e. The topological polar surface area (TPSA) is 80.0 Å². The monoisotopic (exact) mass is 380 g/mol. The van der Waals surface area contributed by atoms with E-state index >= 15 is 0 Å². The number of ether oxygens (including phenoxy) is 1. The van der Waals surface area contributed by atoms with E-state index in [0.717, 1.165) is 12.0 Å². The second-order valence-electron chi connectivity index (χ2n) is 6.19. The first-order valence-electron chi connectivity index (χ1n) is 8.84. The Morgan fingerprint density at radius 1 is 1.18 bits per heavy atom. The lowest BCUT2D eigenvalue weighted by molar-refractivity contribution is -0.121. The summed E-state index contributed by atoms with van der Waals surface area (Å²) in [6.45, 7) is 0.378. The molecule has 0 bridgehead atoms. The number of benzene rings is 2. The maximum absolute atomic E-state index is 14.3. The van der Waals surface area contributed by atoms with Crippen LogP contribution in [0.2, 0.25) is 0 Å². The quantitative estimate of drug-likeness (QED) is 0.661. The van der Waals surface area contributed by atoms with E-state index in [1.54, 1.807) is 18.2 Å². The van der Waals surface area contributed by atoms with Gasteiger partial charge in [-0.3, -0.25) is 10.2 Å². The molecule has 2 N–H and O–H groups in total. The second-order valence-corrected chi connectivity index (χ2v) is 6.19. The van der Waals surface area contributed by atoms with E-state index in [2.05, 4.69) is 10.4 Å². The molecule has 6 nitrogen and oxygen atoms in total. The van der Waals surface area contributed by atoms with E-state index in [1.807, 2.05) is 30.3 Å². The maximum atomic E-state index is 14.3. The van der Waals surface area contributed by atoms with E-state index in [-0.39, 0.29) is 23.5 Å². The number of hydrogen-bond donors (Lipinski definition) is 2. The summed E-state index contributed by atoms with van der Waals surface area (Å²) in [4.78, 5) is 12.2. The molecular formula is C21H21FN4O2. The van der Waals surface area contributed by atoms with Crippen LogP contribution < -0.4 is 15.5 Å². The summed E-state index contributed by atoms with van der Waals surface area (Å²) in [5.74, 6) is -0.332. The van der Waals surface area contributed by atoms with Gasteiger partial charge in [-0.05, 0) is 36.2 Å². The lowest BCUT2D eigenvalue weighted by atomic mass is 10.1. The van der Waals surface area contributed by atoms with Gasteiger partial charge in [-0.2, -0.15) is 5.10 Å². The van der Waals surface area contributed by atoms with Gasteiger partial charge in [-0.25, -0.2) is 9.07 Å². The molecule has 0 atom stereocenters. The number of methoxy groups -OCH3 is 1. The van der Waals surface area contributed by atoms with E-state index < -0.39 is 5.82 Å². The van der Waals surface area contributed by atoms with Crippen LogP contribution in [0.5, 0.6) is 5.75 Å². The van der Waals surface area contributed by atoms with Crippen molar-refractivity contribution in [2.24, 2.45) is 0 Å². The van der Waals surface area contributed by atoms with Crippen LogP contribution in [0.3, 0.4) is 0 Å². The molecule has 3 rings (SSSR count). The molecule has 1 heterocycles. The van der Waals surface area contributed by atoms with Crippen molar-refractivity contribution in [2.45, 2.75) is 13.0 Å². The Morgan fingerprint density at radius 2 is 1.96 bits per heavy atom. The molecule has 3 aromatic rings. The van der Waals surface area contributed by atoms with Crippen molar-refractivity contribution in [3.63, 3.8) is 0 Å². The highest BCUT2D eigenvalue weighted by Gasteiger charge is 2.11. The van der Waals surface area contributed by atoms with Crippen molar-refractivity contribution in [1.29, 1.82) is 5.41 Å². The van der Waals surface area contributed by atoms with Crippen LogP contribution in [-0.2, 0) is 17.8 Å². The lowest BCUT2D eigenvalue weighted by Crippen LogP contribution is -2.34. The zero-order chi connectivity index (χ0) is 19.9. The third-order valence-electron chi connectivity index (χ3n) is 4.23. The maximum Gasteiger partial charge on any atom is 0.241 e. The third-order valence-corrected chi connectivity index (χ3v) is 4.23. The van der Waals surface area contributed by atoms with E-state index in [1.165, 1.54) is 23.9 Å². The average molecular weight is 380 g/mol. The number of amides is 1. The Labute approximate surface area is 162 Å². The Hall–Kier alpha value is -3.48. The highest BCUT2D eigenvalue weighted by atomic mass is 19.1. The van der Waals surface area contributed by atoms with Gasteiger partial charge in [0.25, 0.3) is 0 Å². The third kappa shape index (κ3) is 4.82.